The molecule has 0 saturated carbocycles. The number of amides is 1. The van der Waals surface area contributed by atoms with E-state index in [1.807, 2.05) is 32.0 Å². The highest BCUT2D eigenvalue weighted by atomic mass is 35.5. The summed E-state index contributed by atoms with van der Waals surface area (Å²) >= 11 is 5.84. The van der Waals surface area contributed by atoms with E-state index in [2.05, 4.69) is 5.32 Å². The highest BCUT2D eigenvalue weighted by Gasteiger charge is 2.39. The number of carbonyl (C=O) groups is 1. The van der Waals surface area contributed by atoms with Crippen molar-refractivity contribution in [2.45, 2.75) is 37.6 Å². The summed E-state index contributed by atoms with van der Waals surface area (Å²) in [6.45, 7) is 4.30. The normalized spacial score (nSPS) is 18.0. The fourth-order valence-electron chi connectivity index (χ4n) is 3.08. The van der Waals surface area contributed by atoms with Gasteiger partial charge in [-0.2, -0.15) is 4.31 Å². The van der Waals surface area contributed by atoms with Gasteiger partial charge in [0.15, 0.2) is 0 Å². The Hall–Kier alpha value is -1.89. The maximum absolute atomic E-state index is 12.9. The van der Waals surface area contributed by atoms with Crippen molar-refractivity contribution in [2.24, 2.45) is 0 Å². The number of sulfonamides is 1. The SMILES string of the molecule is Cc1ccc(NC(=O)[C@H]2CCCN2S(=O)(=O)c2ccc(Cl)cc2)cc1C. The molecule has 0 spiro atoms. The summed E-state index contributed by atoms with van der Waals surface area (Å²) in [4.78, 5) is 12.9. The Bertz CT molecular complexity index is 926. The molecule has 1 amide bonds. The van der Waals surface area contributed by atoms with Crippen LogP contribution in [0.5, 0.6) is 0 Å². The van der Waals surface area contributed by atoms with Crippen LogP contribution in [-0.4, -0.2) is 31.2 Å². The second kappa shape index (κ2) is 7.39. The quantitative estimate of drug-likeness (QED) is 0.861. The third-order valence-corrected chi connectivity index (χ3v) is 6.88. The molecule has 1 aliphatic heterocycles. The van der Waals surface area contributed by atoms with E-state index in [4.69, 9.17) is 11.6 Å². The van der Waals surface area contributed by atoms with Gasteiger partial charge in [-0.1, -0.05) is 17.7 Å². The number of halogens is 1. The van der Waals surface area contributed by atoms with E-state index in [1.165, 1.54) is 28.6 Å². The largest absolute Gasteiger partial charge is 0.325 e. The number of rotatable bonds is 4. The molecule has 1 atom stereocenters. The standard InChI is InChI=1S/C19H21ClN2O3S/c1-13-5-8-16(12-14(13)2)21-19(23)18-4-3-11-22(18)26(24,25)17-9-6-15(20)7-10-17/h5-10,12,18H,3-4,11H2,1-2H3,(H,21,23)/t18-/m1/s1. The van der Waals surface area contributed by atoms with Gasteiger partial charge in [-0.15, -0.1) is 0 Å². The van der Waals surface area contributed by atoms with Gasteiger partial charge in [0, 0.05) is 17.3 Å². The summed E-state index contributed by atoms with van der Waals surface area (Å²) in [5.74, 6) is -0.303. The van der Waals surface area contributed by atoms with Crippen molar-refractivity contribution in [3.63, 3.8) is 0 Å². The molecule has 1 fully saturated rings. The molecule has 0 unspecified atom stereocenters. The predicted molar refractivity (Wildman–Crippen MR) is 103 cm³/mol. The van der Waals surface area contributed by atoms with E-state index in [0.29, 0.717) is 30.1 Å². The second-order valence-electron chi connectivity index (χ2n) is 6.52. The van der Waals surface area contributed by atoms with Crippen molar-refractivity contribution in [3.05, 3.63) is 58.6 Å². The first-order valence-electron chi connectivity index (χ1n) is 8.44. The topological polar surface area (TPSA) is 66.5 Å². The van der Waals surface area contributed by atoms with Crippen LogP contribution >= 0.6 is 11.6 Å². The molecular weight excluding hydrogens is 372 g/mol. The van der Waals surface area contributed by atoms with Crippen LogP contribution < -0.4 is 5.32 Å². The number of anilines is 1. The Morgan fingerprint density at radius 1 is 1.12 bits per heavy atom. The first-order valence-corrected chi connectivity index (χ1v) is 10.3. The van der Waals surface area contributed by atoms with Crippen LogP contribution in [0.4, 0.5) is 5.69 Å². The number of carbonyl (C=O) groups excluding carboxylic acids is 1. The third-order valence-electron chi connectivity index (χ3n) is 4.70. The lowest BCUT2D eigenvalue weighted by Gasteiger charge is -2.23. The Balaban J connectivity index is 1.81. The summed E-state index contributed by atoms with van der Waals surface area (Å²) in [7, 11) is -3.74. The smallest absolute Gasteiger partial charge is 0.243 e. The monoisotopic (exact) mass is 392 g/mol. The number of benzene rings is 2. The van der Waals surface area contributed by atoms with Crippen LogP contribution in [-0.2, 0) is 14.8 Å². The van der Waals surface area contributed by atoms with Crippen molar-refractivity contribution < 1.29 is 13.2 Å². The molecule has 5 nitrogen and oxygen atoms in total. The van der Waals surface area contributed by atoms with Gasteiger partial charge in [-0.3, -0.25) is 4.79 Å². The Labute approximate surface area is 159 Å². The molecule has 0 aliphatic carbocycles. The zero-order chi connectivity index (χ0) is 18.9. The molecular formula is C19H21ClN2O3S. The lowest BCUT2D eigenvalue weighted by molar-refractivity contribution is -0.119. The molecule has 0 radical (unpaired) electrons. The molecule has 2 aromatic carbocycles. The summed E-state index contributed by atoms with van der Waals surface area (Å²) in [6.07, 6.45) is 1.15. The summed E-state index contributed by atoms with van der Waals surface area (Å²) in [5.41, 5.74) is 2.88. The Morgan fingerprint density at radius 3 is 2.46 bits per heavy atom. The molecule has 26 heavy (non-hydrogen) atoms. The van der Waals surface area contributed by atoms with Crippen LogP contribution in [0.15, 0.2) is 47.4 Å². The summed E-state index contributed by atoms with van der Waals surface area (Å²) < 4.78 is 27.1. The first kappa shape index (κ1) is 18.9. The molecule has 1 heterocycles. The highest BCUT2D eigenvalue weighted by Crippen LogP contribution is 2.28. The Morgan fingerprint density at radius 2 is 1.81 bits per heavy atom. The van der Waals surface area contributed by atoms with Gasteiger partial charge in [0.1, 0.15) is 6.04 Å². The number of nitrogens with one attached hydrogen (secondary N) is 1. The minimum absolute atomic E-state index is 0.146. The van der Waals surface area contributed by atoms with Gasteiger partial charge >= 0.3 is 0 Å². The highest BCUT2D eigenvalue weighted by molar-refractivity contribution is 7.89. The van der Waals surface area contributed by atoms with Crippen LogP contribution in [0.2, 0.25) is 5.02 Å². The summed E-state index contributed by atoms with van der Waals surface area (Å²) in [6, 6.07) is 10.9. The summed E-state index contributed by atoms with van der Waals surface area (Å²) in [5, 5.41) is 3.32. The average molecular weight is 393 g/mol. The number of aryl methyl sites for hydroxylation is 2. The van der Waals surface area contributed by atoms with Crippen molar-refractivity contribution in [3.8, 4) is 0 Å². The molecule has 0 aromatic heterocycles. The maximum atomic E-state index is 12.9. The molecule has 2 aromatic rings. The van der Waals surface area contributed by atoms with Crippen molar-refractivity contribution >= 4 is 33.2 Å². The minimum Gasteiger partial charge on any atom is -0.325 e. The van der Waals surface area contributed by atoms with Crippen molar-refractivity contribution in [1.29, 1.82) is 0 Å². The molecule has 138 valence electrons. The van der Waals surface area contributed by atoms with E-state index >= 15 is 0 Å². The first-order chi connectivity index (χ1) is 12.3. The van der Waals surface area contributed by atoms with Gasteiger partial charge in [0.25, 0.3) is 0 Å². The van der Waals surface area contributed by atoms with Crippen LogP contribution in [0.25, 0.3) is 0 Å². The molecule has 1 N–H and O–H groups in total. The average Bonchev–Trinajstić information content (AvgIpc) is 3.09. The maximum Gasteiger partial charge on any atom is 0.243 e. The third kappa shape index (κ3) is 3.77. The van der Waals surface area contributed by atoms with E-state index < -0.39 is 16.1 Å². The van der Waals surface area contributed by atoms with E-state index in [1.54, 1.807) is 0 Å². The van der Waals surface area contributed by atoms with Gasteiger partial charge in [-0.05, 0) is 74.2 Å². The van der Waals surface area contributed by atoms with Gasteiger partial charge in [-0.25, -0.2) is 8.42 Å². The molecule has 7 heteroatoms. The minimum atomic E-state index is -3.74. The second-order valence-corrected chi connectivity index (χ2v) is 8.84. The van der Waals surface area contributed by atoms with Crippen molar-refractivity contribution in [2.75, 3.05) is 11.9 Å². The molecule has 1 aliphatic rings. The fourth-order valence-corrected chi connectivity index (χ4v) is 4.86. The van der Waals surface area contributed by atoms with Gasteiger partial charge < -0.3 is 5.32 Å². The lowest BCUT2D eigenvalue weighted by Crippen LogP contribution is -2.43. The number of hydrogen-bond donors (Lipinski definition) is 1. The lowest BCUT2D eigenvalue weighted by atomic mass is 10.1. The van der Waals surface area contributed by atoms with E-state index in [9.17, 15) is 13.2 Å². The van der Waals surface area contributed by atoms with Crippen LogP contribution in [0.1, 0.15) is 24.0 Å². The van der Waals surface area contributed by atoms with Crippen molar-refractivity contribution in [1.82, 2.24) is 4.31 Å². The predicted octanol–water partition coefficient (Wildman–Crippen LogP) is 3.75. The van der Waals surface area contributed by atoms with E-state index in [-0.39, 0.29) is 10.8 Å². The van der Waals surface area contributed by atoms with Crippen LogP contribution in [0, 0.1) is 13.8 Å². The molecule has 0 bridgehead atoms. The zero-order valence-corrected chi connectivity index (χ0v) is 16.3. The molecule has 3 rings (SSSR count). The van der Waals surface area contributed by atoms with Gasteiger partial charge in [0.05, 0.1) is 4.90 Å². The zero-order valence-electron chi connectivity index (χ0n) is 14.7. The number of nitrogens with zero attached hydrogens (tertiary/aromatic N) is 1. The van der Waals surface area contributed by atoms with E-state index in [0.717, 1.165) is 11.1 Å². The molecule has 1 saturated heterocycles. The van der Waals surface area contributed by atoms with Crippen LogP contribution in [0.3, 0.4) is 0 Å². The van der Waals surface area contributed by atoms with Gasteiger partial charge in [0.2, 0.25) is 15.9 Å². The Kier molecular flexibility index (Phi) is 5.37. The fraction of sp³-hybridized carbons (Fsp3) is 0.316. The number of hydrogen-bond acceptors (Lipinski definition) is 3.